The molecule has 0 unspecified atom stereocenters. The summed E-state index contributed by atoms with van der Waals surface area (Å²) in [6.45, 7) is 4.41. The molecule has 31 heavy (non-hydrogen) atoms. The lowest BCUT2D eigenvalue weighted by Crippen LogP contribution is -2.19. The number of rotatable bonds is 4. The first-order valence-corrected chi connectivity index (χ1v) is 9.86. The number of hydrogen-bond donors (Lipinski definition) is 1. The third-order valence-electron chi connectivity index (χ3n) is 5.37. The van der Waals surface area contributed by atoms with E-state index in [0.29, 0.717) is 29.1 Å². The topological polar surface area (TPSA) is 97.6 Å². The highest BCUT2D eigenvalue weighted by Gasteiger charge is 2.12. The van der Waals surface area contributed by atoms with Crippen molar-refractivity contribution >= 4 is 5.95 Å². The predicted molar refractivity (Wildman–Crippen MR) is 121 cm³/mol. The Labute approximate surface area is 180 Å². The molecule has 2 heterocycles. The third-order valence-corrected chi connectivity index (χ3v) is 5.37. The summed E-state index contributed by atoms with van der Waals surface area (Å²) < 4.78 is 1.66. The number of aromatic nitrogens is 3. The van der Waals surface area contributed by atoms with Gasteiger partial charge in [0.2, 0.25) is 5.95 Å². The van der Waals surface area contributed by atoms with Gasteiger partial charge in [0.15, 0.2) is 0 Å². The molecule has 0 fully saturated rings. The van der Waals surface area contributed by atoms with Gasteiger partial charge < -0.3 is 10.3 Å². The van der Waals surface area contributed by atoms with Crippen LogP contribution in [0.2, 0.25) is 0 Å². The molecule has 0 radical (unpaired) electrons. The van der Waals surface area contributed by atoms with Crippen LogP contribution in [0.1, 0.15) is 22.3 Å². The smallest absolute Gasteiger partial charge is 0.251 e. The quantitative estimate of drug-likeness (QED) is 0.549. The number of aryl methyl sites for hydroxylation is 1. The fourth-order valence-corrected chi connectivity index (χ4v) is 3.55. The van der Waals surface area contributed by atoms with E-state index in [9.17, 15) is 10.1 Å². The molecule has 6 nitrogen and oxygen atoms in total. The molecule has 2 aromatic carbocycles. The average molecular weight is 407 g/mol. The second kappa shape index (κ2) is 8.25. The molecule has 0 aliphatic carbocycles. The molecule has 6 heteroatoms. The number of nitriles is 1. The number of benzene rings is 2. The first-order valence-electron chi connectivity index (χ1n) is 9.86. The Balaban J connectivity index is 1.73. The minimum Gasteiger partial charge on any atom is -0.368 e. The summed E-state index contributed by atoms with van der Waals surface area (Å²) in [7, 11) is 0. The Morgan fingerprint density at radius 1 is 1.00 bits per heavy atom. The lowest BCUT2D eigenvalue weighted by molar-refractivity contribution is 0.756. The van der Waals surface area contributed by atoms with Crippen LogP contribution < -0.4 is 11.3 Å². The summed E-state index contributed by atoms with van der Waals surface area (Å²) in [6.07, 6.45) is 1.77. The zero-order valence-electron chi connectivity index (χ0n) is 17.3. The molecular formula is C25H21N5O. The van der Waals surface area contributed by atoms with E-state index in [1.54, 1.807) is 29.0 Å². The molecular weight excluding hydrogens is 386 g/mol. The van der Waals surface area contributed by atoms with E-state index in [0.717, 1.165) is 22.3 Å². The molecule has 0 bridgehead atoms. The van der Waals surface area contributed by atoms with E-state index < -0.39 is 0 Å². The molecule has 0 amide bonds. The Hall–Kier alpha value is -4.24. The molecule has 2 aromatic heterocycles. The zero-order chi connectivity index (χ0) is 22.0. The van der Waals surface area contributed by atoms with Crippen molar-refractivity contribution in [1.82, 2.24) is 14.5 Å². The Morgan fingerprint density at radius 2 is 1.77 bits per heavy atom. The molecule has 4 rings (SSSR count). The fourth-order valence-electron chi connectivity index (χ4n) is 3.55. The van der Waals surface area contributed by atoms with E-state index >= 15 is 0 Å². The van der Waals surface area contributed by atoms with Crippen LogP contribution in [0.5, 0.6) is 0 Å². The lowest BCUT2D eigenvalue weighted by atomic mass is 9.99. The minimum absolute atomic E-state index is 0.110. The van der Waals surface area contributed by atoms with E-state index in [1.165, 1.54) is 0 Å². The Kier molecular flexibility index (Phi) is 5.33. The molecule has 0 spiro atoms. The van der Waals surface area contributed by atoms with Crippen LogP contribution in [0, 0.1) is 25.2 Å². The summed E-state index contributed by atoms with van der Waals surface area (Å²) in [5.41, 5.74) is 12.1. The van der Waals surface area contributed by atoms with Crippen LogP contribution in [-0.4, -0.2) is 14.5 Å². The fraction of sp³-hybridized carbons (Fsp3) is 0.120. The molecule has 2 N–H and O–H groups in total. The maximum atomic E-state index is 12.8. The first kappa shape index (κ1) is 20.0. The third kappa shape index (κ3) is 4.07. The summed E-state index contributed by atoms with van der Waals surface area (Å²) >= 11 is 0. The number of nitrogens with zero attached hydrogens (tertiary/aromatic N) is 4. The summed E-state index contributed by atoms with van der Waals surface area (Å²) in [5, 5.41) is 9.31. The number of pyridine rings is 1. The molecule has 4 aromatic rings. The van der Waals surface area contributed by atoms with Gasteiger partial charge in [-0.2, -0.15) is 5.26 Å². The summed E-state index contributed by atoms with van der Waals surface area (Å²) in [6, 6.07) is 20.9. The van der Waals surface area contributed by atoms with Gasteiger partial charge in [0, 0.05) is 23.4 Å². The highest BCUT2D eigenvalue weighted by molar-refractivity contribution is 5.72. The minimum atomic E-state index is -0.123. The van der Waals surface area contributed by atoms with Gasteiger partial charge in [0.25, 0.3) is 5.56 Å². The molecule has 0 saturated carbocycles. The molecule has 0 atom stereocenters. The lowest BCUT2D eigenvalue weighted by Gasteiger charge is -2.11. The normalized spacial score (nSPS) is 10.6. The van der Waals surface area contributed by atoms with Crippen LogP contribution in [-0.2, 0) is 6.54 Å². The first-order chi connectivity index (χ1) is 15.0. The van der Waals surface area contributed by atoms with Crippen molar-refractivity contribution in [2.75, 3.05) is 5.73 Å². The van der Waals surface area contributed by atoms with Crippen molar-refractivity contribution in [1.29, 1.82) is 5.26 Å². The van der Waals surface area contributed by atoms with E-state index in [2.05, 4.69) is 16.0 Å². The second-order valence-corrected chi connectivity index (χ2v) is 7.39. The average Bonchev–Trinajstić information content (AvgIpc) is 2.76. The molecule has 0 saturated heterocycles. The van der Waals surface area contributed by atoms with Crippen LogP contribution >= 0.6 is 0 Å². The van der Waals surface area contributed by atoms with Crippen molar-refractivity contribution in [2.45, 2.75) is 20.4 Å². The van der Waals surface area contributed by atoms with Crippen molar-refractivity contribution in [3.63, 3.8) is 0 Å². The predicted octanol–water partition coefficient (Wildman–Crippen LogP) is 4.09. The molecule has 152 valence electrons. The Bertz CT molecular complexity index is 1380. The SMILES string of the molecule is Cc1ccccc1Cn1ccc(-c2cc(-c3cccc(C#N)c3C)nc(N)n2)cc1=O. The maximum Gasteiger partial charge on any atom is 0.251 e. The maximum absolute atomic E-state index is 12.8. The molecule has 0 aliphatic rings. The summed E-state index contributed by atoms with van der Waals surface area (Å²) in [4.78, 5) is 21.4. The highest BCUT2D eigenvalue weighted by Crippen LogP contribution is 2.27. The number of nitrogens with two attached hydrogens (primary N) is 1. The Morgan fingerprint density at radius 3 is 2.52 bits per heavy atom. The zero-order valence-corrected chi connectivity index (χ0v) is 17.3. The van der Waals surface area contributed by atoms with Gasteiger partial charge in [-0.25, -0.2) is 9.97 Å². The second-order valence-electron chi connectivity index (χ2n) is 7.39. The van der Waals surface area contributed by atoms with Crippen molar-refractivity contribution in [2.24, 2.45) is 0 Å². The van der Waals surface area contributed by atoms with E-state index in [4.69, 9.17) is 5.73 Å². The highest BCUT2D eigenvalue weighted by atomic mass is 16.1. The van der Waals surface area contributed by atoms with Gasteiger partial charge in [-0.1, -0.05) is 36.4 Å². The molecule has 0 aliphatic heterocycles. The van der Waals surface area contributed by atoms with Crippen molar-refractivity contribution < 1.29 is 0 Å². The van der Waals surface area contributed by atoms with E-state index in [1.807, 2.05) is 56.3 Å². The van der Waals surface area contributed by atoms with Gasteiger partial charge in [0.1, 0.15) is 0 Å². The van der Waals surface area contributed by atoms with Crippen LogP contribution in [0.4, 0.5) is 5.95 Å². The van der Waals surface area contributed by atoms with Gasteiger partial charge in [-0.15, -0.1) is 0 Å². The van der Waals surface area contributed by atoms with Crippen LogP contribution in [0.15, 0.2) is 71.7 Å². The van der Waals surface area contributed by atoms with Crippen molar-refractivity contribution in [3.8, 4) is 28.6 Å². The number of hydrogen-bond acceptors (Lipinski definition) is 5. The van der Waals surface area contributed by atoms with Gasteiger partial charge in [-0.3, -0.25) is 4.79 Å². The van der Waals surface area contributed by atoms with Crippen LogP contribution in [0.25, 0.3) is 22.5 Å². The number of anilines is 1. The number of nitrogen functional groups attached to an aromatic ring is 1. The van der Waals surface area contributed by atoms with Gasteiger partial charge in [0.05, 0.1) is 29.6 Å². The van der Waals surface area contributed by atoms with Crippen LogP contribution in [0.3, 0.4) is 0 Å². The standard InChI is InChI=1S/C25H21N5O/c1-16-6-3-4-7-20(16)15-30-11-10-18(12-24(30)31)22-13-23(29-25(27)28-22)21-9-5-8-19(14-26)17(21)2/h3-13H,15H2,1-2H3,(H2,27,28,29). The van der Waals surface area contributed by atoms with Gasteiger partial charge in [-0.05, 0) is 48.7 Å². The largest absolute Gasteiger partial charge is 0.368 e. The van der Waals surface area contributed by atoms with E-state index in [-0.39, 0.29) is 11.5 Å². The monoisotopic (exact) mass is 407 g/mol. The summed E-state index contributed by atoms with van der Waals surface area (Å²) in [5.74, 6) is 0.110. The van der Waals surface area contributed by atoms with Gasteiger partial charge >= 0.3 is 0 Å². The van der Waals surface area contributed by atoms with Crippen molar-refractivity contribution in [3.05, 3.63) is 99.5 Å².